The minimum Gasteiger partial charge on any atom is -0.493 e. The minimum absolute atomic E-state index is 0.0270. The van der Waals surface area contributed by atoms with E-state index in [1.54, 1.807) is 48.9 Å². The van der Waals surface area contributed by atoms with Crippen LogP contribution in [-0.4, -0.2) is 40.9 Å². The number of nitrogens with zero attached hydrogens (tertiary/aromatic N) is 4. The van der Waals surface area contributed by atoms with Gasteiger partial charge in [-0.2, -0.15) is 0 Å². The van der Waals surface area contributed by atoms with Crippen molar-refractivity contribution < 1.29 is 23.9 Å². The molecule has 58 heavy (non-hydrogen) atoms. The third-order valence-corrected chi connectivity index (χ3v) is 10.8. The van der Waals surface area contributed by atoms with Gasteiger partial charge in [-0.1, -0.05) is 108 Å². The number of nitro groups is 1. The molecule has 2 aromatic heterocycles. The Balaban J connectivity index is 1.43. The molecule has 1 aliphatic heterocycles. The predicted octanol–water partition coefficient (Wildman–Crippen LogP) is 7.99. The first-order chi connectivity index (χ1) is 28.3. The van der Waals surface area contributed by atoms with Crippen LogP contribution in [0.15, 0.2) is 155 Å². The fourth-order valence-electron chi connectivity index (χ4n) is 7.26. The molecular formula is C46H36N4O7S. The summed E-state index contributed by atoms with van der Waals surface area (Å²) in [6.45, 7) is 1.85. The van der Waals surface area contributed by atoms with Gasteiger partial charge in [0.15, 0.2) is 16.3 Å². The minimum atomic E-state index is -0.939. The van der Waals surface area contributed by atoms with E-state index in [1.165, 1.54) is 30.6 Å². The number of carbonyl (C=O) groups excluding carboxylic acids is 1. The maximum Gasteiger partial charge on any atom is 0.338 e. The highest BCUT2D eigenvalue weighted by Gasteiger charge is 2.36. The van der Waals surface area contributed by atoms with Crippen LogP contribution in [0.3, 0.4) is 0 Å². The highest BCUT2D eigenvalue weighted by atomic mass is 32.1. The molecule has 3 heterocycles. The van der Waals surface area contributed by atoms with Crippen LogP contribution in [0.25, 0.3) is 40.0 Å². The van der Waals surface area contributed by atoms with Crippen LogP contribution in [0, 0.1) is 10.1 Å². The number of hydrogen-bond donors (Lipinski definition) is 0. The molecule has 5 aromatic carbocycles. The number of esters is 1. The summed E-state index contributed by atoms with van der Waals surface area (Å²) in [6, 6.07) is 41.8. The second-order valence-electron chi connectivity index (χ2n) is 13.2. The zero-order chi connectivity index (χ0) is 40.3. The topological polar surface area (TPSA) is 127 Å². The van der Waals surface area contributed by atoms with Crippen molar-refractivity contribution in [1.82, 2.24) is 9.13 Å². The van der Waals surface area contributed by atoms with E-state index in [2.05, 4.69) is 4.57 Å². The van der Waals surface area contributed by atoms with Gasteiger partial charge in [-0.25, -0.2) is 9.79 Å². The van der Waals surface area contributed by atoms with Crippen LogP contribution in [0.4, 0.5) is 5.69 Å². The van der Waals surface area contributed by atoms with Crippen molar-refractivity contribution in [2.75, 3.05) is 20.8 Å². The Morgan fingerprint density at radius 1 is 0.810 bits per heavy atom. The molecule has 7 aromatic rings. The first-order valence-corrected chi connectivity index (χ1v) is 19.2. The molecule has 1 aliphatic rings. The summed E-state index contributed by atoms with van der Waals surface area (Å²) in [5.74, 6) is 0.319. The smallest absolute Gasteiger partial charge is 0.338 e. The monoisotopic (exact) mass is 788 g/mol. The van der Waals surface area contributed by atoms with Crippen molar-refractivity contribution in [1.29, 1.82) is 0 Å². The molecule has 0 spiro atoms. The molecule has 0 N–H and O–H groups in total. The maximum atomic E-state index is 15.0. The fourth-order valence-corrected chi connectivity index (χ4v) is 8.26. The third kappa shape index (κ3) is 6.90. The number of methoxy groups -OCH3 is 2. The molecule has 0 unspecified atom stereocenters. The first-order valence-electron chi connectivity index (χ1n) is 18.4. The number of benzene rings is 5. The van der Waals surface area contributed by atoms with Gasteiger partial charge < -0.3 is 18.8 Å². The first kappa shape index (κ1) is 37.6. The maximum absolute atomic E-state index is 15.0. The number of ether oxygens (including phenoxy) is 3. The van der Waals surface area contributed by atoms with E-state index in [0.29, 0.717) is 43.3 Å². The Morgan fingerprint density at radius 2 is 1.43 bits per heavy atom. The molecule has 1 atom stereocenters. The Morgan fingerprint density at radius 3 is 2.03 bits per heavy atom. The normalized spacial score (nSPS) is 13.8. The quantitative estimate of drug-likeness (QED) is 0.0739. The van der Waals surface area contributed by atoms with Gasteiger partial charge >= 0.3 is 5.97 Å². The lowest BCUT2D eigenvalue weighted by molar-refractivity contribution is -0.384. The van der Waals surface area contributed by atoms with E-state index in [1.807, 2.05) is 103 Å². The second-order valence-corrected chi connectivity index (χ2v) is 14.2. The molecule has 0 amide bonds. The summed E-state index contributed by atoms with van der Waals surface area (Å²) < 4.78 is 20.8. The van der Waals surface area contributed by atoms with Crippen molar-refractivity contribution >= 4 is 34.8 Å². The molecule has 0 aliphatic carbocycles. The van der Waals surface area contributed by atoms with Crippen LogP contribution in [0.5, 0.6) is 11.5 Å². The van der Waals surface area contributed by atoms with Gasteiger partial charge in [0.1, 0.15) is 0 Å². The Labute approximate surface area is 336 Å². The molecular weight excluding hydrogens is 753 g/mol. The Hall–Kier alpha value is -7.31. The number of non-ortho nitro benzene ring substituents is 1. The van der Waals surface area contributed by atoms with E-state index >= 15 is 4.79 Å². The van der Waals surface area contributed by atoms with Crippen molar-refractivity contribution in [3.63, 3.8) is 0 Å². The van der Waals surface area contributed by atoms with Crippen LogP contribution in [0.2, 0.25) is 0 Å². The van der Waals surface area contributed by atoms with Gasteiger partial charge in [0.2, 0.25) is 0 Å². The number of carbonyl (C=O) groups is 1. The summed E-state index contributed by atoms with van der Waals surface area (Å²) >= 11 is 1.22. The largest absolute Gasteiger partial charge is 0.493 e. The Kier molecular flexibility index (Phi) is 10.4. The van der Waals surface area contributed by atoms with Crippen LogP contribution >= 0.6 is 11.3 Å². The van der Waals surface area contributed by atoms with Crippen LogP contribution in [-0.2, 0) is 9.53 Å². The van der Waals surface area contributed by atoms with E-state index < -0.39 is 16.9 Å². The average molecular weight is 789 g/mol. The number of fused-ring (bicyclic) bond motifs is 1. The van der Waals surface area contributed by atoms with Crippen molar-refractivity contribution in [2.24, 2.45) is 4.99 Å². The number of hydrogen-bond acceptors (Lipinski definition) is 9. The van der Waals surface area contributed by atoms with Crippen molar-refractivity contribution in [3.05, 3.63) is 192 Å². The molecule has 0 saturated carbocycles. The zero-order valence-electron chi connectivity index (χ0n) is 31.7. The van der Waals surface area contributed by atoms with Gasteiger partial charge in [-0.3, -0.25) is 19.5 Å². The SMILES string of the molecule is CCOC(=O)C1=C(c2ccccc2)N=c2s/c(=C\c3cc(-c4ccccc4)n(-c4ccc([N+](=O)[O-])cc4)c3-c3ccccc3)c(=O)n2[C@H]1c1ccc(OC)c(OC)c1. The standard InChI is InChI=1S/C46H36N4O7S/c1-4-57-45(52)40-41(30-16-10-6-11-17-30)47-46-49(43(40)32-20-25-37(55-2)38(27-32)56-3)44(51)39(58-46)28-33-26-36(29-14-8-5-9-15-29)48(42(33)31-18-12-7-13-19-31)34-21-23-35(24-22-34)50(53)54/h5-28,43H,4H2,1-3H3/b39-28-/t43-/m0/s1. The van der Waals surface area contributed by atoms with Crippen LogP contribution in [0.1, 0.15) is 29.7 Å². The molecule has 288 valence electrons. The van der Waals surface area contributed by atoms with Gasteiger partial charge in [-0.15, -0.1) is 0 Å². The molecule has 0 saturated heterocycles. The van der Waals surface area contributed by atoms with Crippen molar-refractivity contribution in [3.8, 4) is 39.7 Å². The summed E-state index contributed by atoms with van der Waals surface area (Å²) in [5, 5.41) is 11.6. The van der Waals surface area contributed by atoms with E-state index in [0.717, 1.165) is 28.1 Å². The summed E-state index contributed by atoms with van der Waals surface area (Å²) in [4.78, 5) is 45.7. The number of aromatic nitrogens is 2. The van der Waals surface area contributed by atoms with Crippen molar-refractivity contribution in [2.45, 2.75) is 13.0 Å². The summed E-state index contributed by atoms with van der Waals surface area (Å²) in [6.07, 6.45) is 1.85. The van der Waals surface area contributed by atoms with Gasteiger partial charge in [-0.05, 0) is 60.0 Å². The predicted molar refractivity (Wildman–Crippen MR) is 224 cm³/mol. The Bertz CT molecular complexity index is 2880. The second kappa shape index (κ2) is 16.0. The molecule has 0 radical (unpaired) electrons. The molecule has 12 heteroatoms. The zero-order valence-corrected chi connectivity index (χ0v) is 32.5. The third-order valence-electron chi connectivity index (χ3n) is 9.85. The van der Waals surface area contributed by atoms with Gasteiger partial charge in [0.25, 0.3) is 11.2 Å². The molecule has 11 nitrogen and oxygen atoms in total. The summed E-state index contributed by atoms with van der Waals surface area (Å²) in [5.41, 5.74) is 6.27. The lowest BCUT2D eigenvalue weighted by Crippen LogP contribution is -2.40. The molecule has 0 bridgehead atoms. The fraction of sp³-hybridized carbons (Fsp3) is 0.109. The van der Waals surface area contributed by atoms with Gasteiger partial charge in [0, 0.05) is 28.9 Å². The molecule has 0 fully saturated rings. The molecule has 8 rings (SSSR count). The number of nitro benzene ring substituents is 1. The van der Waals surface area contributed by atoms with E-state index in [9.17, 15) is 14.9 Å². The van der Waals surface area contributed by atoms with E-state index in [-0.39, 0.29) is 23.4 Å². The highest BCUT2D eigenvalue weighted by molar-refractivity contribution is 7.07. The lowest BCUT2D eigenvalue weighted by atomic mass is 9.93. The number of rotatable bonds is 11. The lowest BCUT2D eigenvalue weighted by Gasteiger charge is -2.26. The average Bonchev–Trinajstić information content (AvgIpc) is 3.80. The number of thiazole rings is 1. The van der Waals surface area contributed by atoms with E-state index in [4.69, 9.17) is 19.2 Å². The van der Waals surface area contributed by atoms with Gasteiger partial charge in [0.05, 0.1) is 59.0 Å². The summed E-state index contributed by atoms with van der Waals surface area (Å²) in [7, 11) is 3.07. The highest BCUT2D eigenvalue weighted by Crippen LogP contribution is 2.40. The van der Waals surface area contributed by atoms with Crippen LogP contribution < -0.4 is 24.4 Å².